The number of alkyl halides is 3. The second kappa shape index (κ2) is 4.79. The summed E-state index contributed by atoms with van der Waals surface area (Å²) in [4.78, 5) is 0. The molecule has 0 spiro atoms. The molecule has 7 heteroatoms. The van der Waals surface area contributed by atoms with Crippen LogP contribution in [-0.4, -0.2) is 14.9 Å². The third kappa shape index (κ3) is 2.81. The molecule has 2 rings (SSSR count). The molecule has 0 atom stereocenters. The number of hydrogen-bond acceptors (Lipinski definition) is 2. The number of benzene rings is 1. The van der Waals surface area contributed by atoms with Crippen molar-refractivity contribution in [3.63, 3.8) is 0 Å². The zero-order valence-corrected chi connectivity index (χ0v) is 11.5. The molecule has 1 N–H and O–H groups in total. The zero-order valence-electron chi connectivity index (χ0n) is 10.7. The second-order valence-corrected chi connectivity index (χ2v) is 5.29. The van der Waals surface area contributed by atoms with Gasteiger partial charge < -0.3 is 5.11 Å². The van der Waals surface area contributed by atoms with Gasteiger partial charge in [0, 0.05) is 10.6 Å². The smallest absolute Gasteiger partial charge is 0.386 e. The van der Waals surface area contributed by atoms with Crippen LogP contribution in [0.3, 0.4) is 0 Å². The van der Waals surface area contributed by atoms with E-state index in [2.05, 4.69) is 5.10 Å². The summed E-state index contributed by atoms with van der Waals surface area (Å²) in [7, 11) is 0. The first kappa shape index (κ1) is 14.9. The molecule has 0 saturated heterocycles. The van der Waals surface area contributed by atoms with Crippen molar-refractivity contribution in [2.45, 2.75) is 25.6 Å². The van der Waals surface area contributed by atoms with E-state index in [9.17, 15) is 18.3 Å². The van der Waals surface area contributed by atoms with E-state index in [1.165, 1.54) is 38.1 Å². The lowest BCUT2D eigenvalue weighted by Crippen LogP contribution is -2.23. The summed E-state index contributed by atoms with van der Waals surface area (Å²) in [6, 6.07) is 5.81. The van der Waals surface area contributed by atoms with Crippen LogP contribution in [0.2, 0.25) is 5.02 Å². The summed E-state index contributed by atoms with van der Waals surface area (Å²) < 4.78 is 40.5. The zero-order chi connectivity index (χ0) is 15.1. The van der Waals surface area contributed by atoms with Crippen LogP contribution in [0.4, 0.5) is 13.2 Å². The van der Waals surface area contributed by atoms with Gasteiger partial charge in [0.25, 0.3) is 0 Å². The van der Waals surface area contributed by atoms with Crippen LogP contribution in [0.25, 0.3) is 5.69 Å². The average Bonchev–Trinajstić information content (AvgIpc) is 2.73. The van der Waals surface area contributed by atoms with Gasteiger partial charge >= 0.3 is 6.18 Å². The molecule has 20 heavy (non-hydrogen) atoms. The van der Waals surface area contributed by atoms with Gasteiger partial charge in [-0.25, -0.2) is 4.68 Å². The lowest BCUT2D eigenvalue weighted by atomic mass is 9.99. The highest BCUT2D eigenvalue weighted by atomic mass is 35.5. The van der Waals surface area contributed by atoms with E-state index in [1.807, 2.05) is 0 Å². The van der Waals surface area contributed by atoms with E-state index in [4.69, 9.17) is 11.6 Å². The monoisotopic (exact) mass is 304 g/mol. The van der Waals surface area contributed by atoms with Crippen molar-refractivity contribution in [1.82, 2.24) is 9.78 Å². The number of rotatable bonds is 2. The fourth-order valence-corrected chi connectivity index (χ4v) is 1.97. The Labute approximate surface area is 118 Å². The molecule has 0 bridgehead atoms. The average molecular weight is 305 g/mol. The van der Waals surface area contributed by atoms with Gasteiger partial charge in [0.05, 0.1) is 17.5 Å². The Balaban J connectivity index is 2.66. The van der Waals surface area contributed by atoms with Crippen LogP contribution in [-0.2, 0) is 11.8 Å². The molecule has 0 amide bonds. The van der Waals surface area contributed by atoms with Crippen molar-refractivity contribution in [3.05, 3.63) is 46.7 Å². The predicted molar refractivity (Wildman–Crippen MR) is 68.8 cm³/mol. The minimum atomic E-state index is -4.63. The molecule has 2 aromatic rings. The van der Waals surface area contributed by atoms with Gasteiger partial charge in [0.1, 0.15) is 0 Å². The lowest BCUT2D eigenvalue weighted by molar-refractivity contribution is -0.145. The molecule has 1 aromatic carbocycles. The highest BCUT2D eigenvalue weighted by Crippen LogP contribution is 2.37. The molecule has 0 radical (unpaired) electrons. The van der Waals surface area contributed by atoms with Gasteiger partial charge in [-0.05, 0) is 38.1 Å². The van der Waals surface area contributed by atoms with Gasteiger partial charge in [-0.1, -0.05) is 11.6 Å². The number of nitrogens with zero attached hydrogens (tertiary/aromatic N) is 2. The quantitative estimate of drug-likeness (QED) is 0.917. The number of halogens is 4. The third-order valence-electron chi connectivity index (χ3n) is 2.77. The van der Waals surface area contributed by atoms with Gasteiger partial charge in [0.2, 0.25) is 0 Å². The minimum absolute atomic E-state index is 0.220. The normalized spacial score (nSPS) is 12.8. The molecule has 0 aliphatic heterocycles. The highest BCUT2D eigenvalue weighted by molar-refractivity contribution is 6.30. The maximum Gasteiger partial charge on any atom is 0.433 e. The van der Waals surface area contributed by atoms with E-state index in [0.717, 1.165) is 10.9 Å². The Morgan fingerprint density at radius 2 is 1.70 bits per heavy atom. The standard InChI is InChI=1S/C13H12ClF3N2O/c1-12(2,20)10-7-18-19(11(10)13(15,16)17)9-5-3-8(14)4-6-9/h3-7,20H,1-2H3. The Morgan fingerprint density at radius 3 is 2.15 bits per heavy atom. The number of aliphatic hydroxyl groups is 1. The van der Waals surface area contributed by atoms with Crippen LogP contribution in [0.15, 0.2) is 30.5 Å². The molecule has 1 heterocycles. The summed E-state index contributed by atoms with van der Waals surface area (Å²) in [6.07, 6.45) is -3.61. The fourth-order valence-electron chi connectivity index (χ4n) is 1.85. The van der Waals surface area contributed by atoms with Crippen LogP contribution >= 0.6 is 11.6 Å². The topological polar surface area (TPSA) is 38.1 Å². The maximum absolute atomic E-state index is 13.2. The molecule has 0 unspecified atom stereocenters. The molecule has 108 valence electrons. The first-order valence-corrected chi connectivity index (χ1v) is 6.12. The van der Waals surface area contributed by atoms with Crippen LogP contribution in [0.5, 0.6) is 0 Å². The van der Waals surface area contributed by atoms with Crippen LogP contribution in [0, 0.1) is 0 Å². The summed E-state index contributed by atoms with van der Waals surface area (Å²) in [6.45, 7) is 2.57. The molecular weight excluding hydrogens is 293 g/mol. The van der Waals surface area contributed by atoms with Crippen molar-refractivity contribution in [2.24, 2.45) is 0 Å². The molecule has 3 nitrogen and oxygen atoms in total. The first-order valence-electron chi connectivity index (χ1n) is 5.74. The SMILES string of the molecule is CC(C)(O)c1cnn(-c2ccc(Cl)cc2)c1C(F)(F)F. The predicted octanol–water partition coefficient (Wildman–Crippen LogP) is 3.77. The lowest BCUT2D eigenvalue weighted by Gasteiger charge is -2.20. The summed E-state index contributed by atoms with van der Waals surface area (Å²) >= 11 is 5.71. The van der Waals surface area contributed by atoms with Crippen molar-refractivity contribution < 1.29 is 18.3 Å². The van der Waals surface area contributed by atoms with Crippen molar-refractivity contribution in [2.75, 3.05) is 0 Å². The van der Waals surface area contributed by atoms with Crippen molar-refractivity contribution in [3.8, 4) is 5.69 Å². The van der Waals surface area contributed by atoms with E-state index in [1.54, 1.807) is 0 Å². The third-order valence-corrected chi connectivity index (χ3v) is 3.02. The Kier molecular flexibility index (Phi) is 3.56. The Hall–Kier alpha value is -1.53. The number of aromatic nitrogens is 2. The van der Waals surface area contributed by atoms with Gasteiger partial charge in [-0.15, -0.1) is 0 Å². The molecule has 0 aliphatic rings. The number of hydrogen-bond donors (Lipinski definition) is 1. The van der Waals surface area contributed by atoms with Crippen molar-refractivity contribution >= 4 is 11.6 Å². The summed E-state index contributed by atoms with van der Waals surface area (Å²) in [5, 5.41) is 14.0. The van der Waals surface area contributed by atoms with Gasteiger partial charge in [-0.2, -0.15) is 18.3 Å². The van der Waals surface area contributed by atoms with Crippen LogP contribution < -0.4 is 0 Å². The van der Waals surface area contributed by atoms with E-state index < -0.39 is 17.5 Å². The fraction of sp³-hybridized carbons (Fsp3) is 0.308. The molecule has 1 aromatic heterocycles. The summed E-state index contributed by atoms with van der Waals surface area (Å²) in [5.41, 5.74) is -2.69. The van der Waals surface area contributed by atoms with Crippen LogP contribution in [0.1, 0.15) is 25.1 Å². The van der Waals surface area contributed by atoms with E-state index in [0.29, 0.717) is 5.02 Å². The first-order chi connectivity index (χ1) is 9.10. The largest absolute Gasteiger partial charge is 0.433 e. The minimum Gasteiger partial charge on any atom is -0.386 e. The molecule has 0 aliphatic carbocycles. The summed E-state index contributed by atoms with van der Waals surface area (Å²) in [5.74, 6) is 0. The molecule has 0 saturated carbocycles. The van der Waals surface area contributed by atoms with Gasteiger partial charge in [-0.3, -0.25) is 0 Å². The van der Waals surface area contributed by atoms with E-state index >= 15 is 0 Å². The van der Waals surface area contributed by atoms with E-state index in [-0.39, 0.29) is 11.3 Å². The molecular formula is C13H12ClF3N2O. The van der Waals surface area contributed by atoms with Gasteiger partial charge in [0.15, 0.2) is 5.69 Å². The Bertz CT molecular complexity index is 612. The second-order valence-electron chi connectivity index (χ2n) is 4.85. The van der Waals surface area contributed by atoms with Crippen molar-refractivity contribution in [1.29, 1.82) is 0 Å². The Morgan fingerprint density at radius 1 is 1.15 bits per heavy atom. The highest BCUT2D eigenvalue weighted by Gasteiger charge is 2.42. The molecule has 0 fully saturated rings. The maximum atomic E-state index is 13.2.